The maximum atomic E-state index is 12.6. The maximum absolute atomic E-state index is 12.6. The van der Waals surface area contributed by atoms with E-state index in [-0.39, 0.29) is 5.89 Å². The number of urea groups is 1. The first-order chi connectivity index (χ1) is 18.0. The quantitative estimate of drug-likeness (QED) is 0.387. The van der Waals surface area contributed by atoms with Crippen molar-refractivity contribution in [3.05, 3.63) is 60.9 Å². The van der Waals surface area contributed by atoms with Crippen LogP contribution in [0.1, 0.15) is 12.8 Å². The van der Waals surface area contributed by atoms with Crippen LogP contribution in [0.5, 0.6) is 11.6 Å². The lowest BCUT2D eigenvalue weighted by molar-refractivity contribution is -0.137. The lowest BCUT2D eigenvalue weighted by Crippen LogP contribution is -2.71. The third-order valence-electron chi connectivity index (χ3n) is 6.17. The van der Waals surface area contributed by atoms with E-state index in [0.29, 0.717) is 48.2 Å². The van der Waals surface area contributed by atoms with E-state index in [1.165, 1.54) is 6.20 Å². The van der Waals surface area contributed by atoms with Crippen molar-refractivity contribution in [1.82, 2.24) is 36.0 Å². The minimum atomic E-state index is -1.48. The minimum absolute atomic E-state index is 0.266. The standard InChI is InChI=1S/C24H18N8O5/c33-21-24(22(34)29-23(35)28-21)10-2-12-32(24)15-6-9-18(25-13-15)36-16-7-4-14(5-8-16)19-27-20(37-31-19)17-3-1-11-26-30-17/h1,3-9,11,13H,2,10,12H2,(H2,28,29,33,34,35). The van der Waals surface area contributed by atoms with Crippen molar-refractivity contribution in [2.45, 2.75) is 18.4 Å². The molecule has 0 aliphatic carbocycles. The van der Waals surface area contributed by atoms with Crippen LogP contribution in [0.25, 0.3) is 23.0 Å². The van der Waals surface area contributed by atoms with Crippen molar-refractivity contribution in [2.24, 2.45) is 0 Å². The lowest BCUT2D eigenvalue weighted by Gasteiger charge is -2.38. The lowest BCUT2D eigenvalue weighted by atomic mass is 9.92. The van der Waals surface area contributed by atoms with Crippen LogP contribution in [0.2, 0.25) is 0 Å². The molecule has 1 spiro atoms. The van der Waals surface area contributed by atoms with Crippen molar-refractivity contribution >= 4 is 23.5 Å². The molecule has 0 saturated carbocycles. The second-order valence-electron chi connectivity index (χ2n) is 8.37. The van der Waals surface area contributed by atoms with Gasteiger partial charge in [-0.1, -0.05) is 5.16 Å². The summed E-state index contributed by atoms with van der Waals surface area (Å²) < 4.78 is 11.1. The Morgan fingerprint density at radius 3 is 2.51 bits per heavy atom. The molecule has 37 heavy (non-hydrogen) atoms. The summed E-state index contributed by atoms with van der Waals surface area (Å²) in [6.45, 7) is 0.465. The number of imide groups is 2. The van der Waals surface area contributed by atoms with Gasteiger partial charge in [0.15, 0.2) is 11.2 Å². The Kier molecular flexibility index (Phi) is 5.29. The van der Waals surface area contributed by atoms with Crippen molar-refractivity contribution in [3.8, 4) is 34.6 Å². The molecule has 0 bridgehead atoms. The van der Waals surface area contributed by atoms with Gasteiger partial charge >= 0.3 is 6.03 Å². The number of carbonyl (C=O) groups excluding carboxylic acids is 3. The summed E-state index contributed by atoms with van der Waals surface area (Å²) in [5.41, 5.74) is 0.289. The zero-order chi connectivity index (χ0) is 25.4. The Hall–Kier alpha value is -5.20. The summed E-state index contributed by atoms with van der Waals surface area (Å²) in [5.74, 6) is 0.244. The molecule has 4 amide bonds. The second kappa shape index (κ2) is 8.78. The Balaban J connectivity index is 1.16. The molecule has 6 rings (SSSR count). The van der Waals surface area contributed by atoms with Gasteiger partial charge in [0, 0.05) is 24.4 Å². The van der Waals surface area contributed by atoms with Crippen LogP contribution in [0.15, 0.2) is 65.4 Å². The molecule has 0 atom stereocenters. The van der Waals surface area contributed by atoms with Crippen LogP contribution >= 0.6 is 0 Å². The van der Waals surface area contributed by atoms with Crippen LogP contribution in [0, 0.1) is 0 Å². The van der Waals surface area contributed by atoms with Crippen LogP contribution in [0.4, 0.5) is 10.5 Å². The van der Waals surface area contributed by atoms with Crippen molar-refractivity contribution in [2.75, 3.05) is 11.4 Å². The molecule has 4 aromatic rings. The molecule has 0 radical (unpaired) electrons. The van der Waals surface area contributed by atoms with Gasteiger partial charge in [0.25, 0.3) is 17.7 Å². The minimum Gasteiger partial charge on any atom is -0.439 e. The first-order valence-corrected chi connectivity index (χ1v) is 11.3. The first kappa shape index (κ1) is 22.3. The van der Waals surface area contributed by atoms with Gasteiger partial charge in [0.05, 0.1) is 11.9 Å². The number of aromatic nitrogens is 5. The van der Waals surface area contributed by atoms with E-state index in [4.69, 9.17) is 9.26 Å². The van der Waals surface area contributed by atoms with E-state index < -0.39 is 23.4 Å². The third-order valence-corrected chi connectivity index (χ3v) is 6.17. The van der Waals surface area contributed by atoms with Gasteiger partial charge in [-0.25, -0.2) is 9.78 Å². The Morgan fingerprint density at radius 2 is 1.81 bits per heavy atom. The average molecular weight is 498 g/mol. The van der Waals surface area contributed by atoms with Gasteiger partial charge in [-0.05, 0) is 55.3 Å². The van der Waals surface area contributed by atoms with Gasteiger partial charge in [-0.3, -0.25) is 20.2 Å². The number of hydrogen-bond acceptors (Lipinski definition) is 11. The zero-order valence-corrected chi connectivity index (χ0v) is 19.1. The summed E-state index contributed by atoms with van der Waals surface area (Å²) in [6.07, 6.45) is 3.99. The van der Waals surface area contributed by atoms with Crippen molar-refractivity contribution in [3.63, 3.8) is 0 Å². The fraction of sp³-hybridized carbons (Fsp3) is 0.167. The zero-order valence-electron chi connectivity index (χ0n) is 19.1. The van der Waals surface area contributed by atoms with Crippen molar-refractivity contribution in [1.29, 1.82) is 0 Å². The number of barbiturate groups is 1. The molecule has 2 fully saturated rings. The Labute approximate surface area is 208 Å². The molecule has 13 heteroatoms. The highest BCUT2D eigenvalue weighted by molar-refractivity contribution is 6.24. The largest absolute Gasteiger partial charge is 0.439 e. The average Bonchev–Trinajstić information content (AvgIpc) is 3.58. The topological polar surface area (TPSA) is 165 Å². The number of pyridine rings is 1. The van der Waals surface area contributed by atoms with Gasteiger partial charge in [0.2, 0.25) is 11.7 Å². The smallest absolute Gasteiger partial charge is 0.328 e. The number of ether oxygens (including phenoxy) is 1. The molecule has 13 nitrogen and oxygen atoms in total. The summed E-state index contributed by atoms with van der Waals surface area (Å²) in [4.78, 5) is 47.1. The highest BCUT2D eigenvalue weighted by Gasteiger charge is 2.57. The Bertz CT molecular complexity index is 1470. The van der Waals surface area contributed by atoms with Crippen LogP contribution < -0.4 is 20.3 Å². The van der Waals surface area contributed by atoms with E-state index >= 15 is 0 Å². The number of benzene rings is 1. The predicted octanol–water partition coefficient (Wildman–Crippen LogP) is 2.09. The molecule has 2 N–H and O–H groups in total. The molecule has 2 saturated heterocycles. The van der Waals surface area contributed by atoms with Crippen LogP contribution in [0.3, 0.4) is 0 Å². The molecule has 184 valence electrons. The Morgan fingerprint density at radius 1 is 1.00 bits per heavy atom. The van der Waals surface area contributed by atoms with E-state index in [1.54, 1.807) is 59.6 Å². The number of nitrogens with zero attached hydrogens (tertiary/aromatic N) is 6. The molecule has 5 heterocycles. The number of hydrogen-bond donors (Lipinski definition) is 2. The number of anilines is 1. The number of rotatable bonds is 5. The number of amides is 4. The normalized spacial score (nSPS) is 16.5. The first-order valence-electron chi connectivity index (χ1n) is 11.3. The van der Waals surface area contributed by atoms with E-state index in [1.807, 2.05) is 0 Å². The molecule has 2 aliphatic heterocycles. The predicted molar refractivity (Wildman–Crippen MR) is 126 cm³/mol. The summed E-state index contributed by atoms with van der Waals surface area (Å²) in [5, 5.41) is 16.1. The van der Waals surface area contributed by atoms with E-state index in [9.17, 15) is 14.4 Å². The summed E-state index contributed by atoms with van der Waals surface area (Å²) in [7, 11) is 0. The fourth-order valence-electron chi connectivity index (χ4n) is 4.43. The molecular formula is C24H18N8O5. The molecule has 3 aromatic heterocycles. The highest BCUT2D eigenvalue weighted by atomic mass is 16.5. The molecular weight excluding hydrogens is 480 g/mol. The van der Waals surface area contributed by atoms with Gasteiger partial charge in [-0.15, -0.1) is 5.10 Å². The highest BCUT2D eigenvalue weighted by Crippen LogP contribution is 2.36. The number of carbonyl (C=O) groups is 3. The summed E-state index contributed by atoms with van der Waals surface area (Å²) >= 11 is 0. The van der Waals surface area contributed by atoms with E-state index in [2.05, 4.69) is 36.0 Å². The van der Waals surface area contributed by atoms with Crippen LogP contribution in [-0.4, -0.2) is 55.3 Å². The molecule has 0 unspecified atom stereocenters. The van der Waals surface area contributed by atoms with Gasteiger partial charge in [-0.2, -0.15) is 10.1 Å². The van der Waals surface area contributed by atoms with E-state index in [0.717, 1.165) is 5.56 Å². The fourth-order valence-corrected chi connectivity index (χ4v) is 4.43. The SMILES string of the molecule is O=C1NC(=O)C2(CCCN2c2ccc(Oc3ccc(-c4noc(-c5cccnn5)n4)cc3)nc2)C(=O)N1. The monoisotopic (exact) mass is 498 g/mol. The van der Waals surface area contributed by atoms with Gasteiger partial charge in [0.1, 0.15) is 5.75 Å². The molecule has 2 aliphatic rings. The second-order valence-corrected chi connectivity index (χ2v) is 8.37. The maximum Gasteiger partial charge on any atom is 0.328 e. The van der Waals surface area contributed by atoms with Crippen molar-refractivity contribution < 1.29 is 23.6 Å². The summed E-state index contributed by atoms with van der Waals surface area (Å²) in [6, 6.07) is 13.1. The number of nitrogens with one attached hydrogen (secondary N) is 2. The molecule has 1 aromatic carbocycles. The van der Waals surface area contributed by atoms with Crippen LogP contribution in [-0.2, 0) is 9.59 Å². The van der Waals surface area contributed by atoms with Gasteiger partial charge < -0.3 is 14.2 Å². The third kappa shape index (κ3) is 3.91.